The molecule has 0 spiro atoms. The molecule has 1 aliphatic rings. The molecule has 1 atom stereocenters. The zero-order valence-corrected chi connectivity index (χ0v) is 23.6. The van der Waals surface area contributed by atoms with Gasteiger partial charge in [-0.25, -0.2) is 17.9 Å². The van der Waals surface area contributed by atoms with Gasteiger partial charge in [-0.05, 0) is 78.0 Å². The summed E-state index contributed by atoms with van der Waals surface area (Å²) in [6, 6.07) is 7.65. The molecule has 3 rings (SSSR count). The average Bonchev–Trinajstić information content (AvgIpc) is 3.22. The molecule has 11 nitrogen and oxygen atoms in total. The Labute approximate surface area is 228 Å². The maximum absolute atomic E-state index is 13.1. The number of rotatable bonds is 11. The Hall–Kier alpha value is -2.52. The summed E-state index contributed by atoms with van der Waals surface area (Å²) in [5.41, 5.74) is 2.05. The summed E-state index contributed by atoms with van der Waals surface area (Å²) in [4.78, 5) is 39.4. The number of carbonyl (C=O) groups is 3. The normalized spacial score (nSPS) is 14.8. The Morgan fingerprint density at radius 2 is 2.03 bits per heavy atom. The Kier molecular flexibility index (Phi) is 10.5. The maximum atomic E-state index is 13.1. The van der Waals surface area contributed by atoms with Gasteiger partial charge in [0.1, 0.15) is 12.6 Å². The summed E-state index contributed by atoms with van der Waals surface area (Å²) in [7, 11) is -3.31. The number of aryl methyl sites for hydroxylation is 1. The van der Waals surface area contributed by atoms with Crippen molar-refractivity contribution >= 4 is 66.6 Å². The molecule has 1 aromatic carbocycles. The molecule has 1 saturated heterocycles. The fourth-order valence-corrected chi connectivity index (χ4v) is 5.36. The number of anilines is 2. The van der Waals surface area contributed by atoms with Crippen LogP contribution >= 0.6 is 27.3 Å². The van der Waals surface area contributed by atoms with Crippen LogP contribution in [0.25, 0.3) is 0 Å². The van der Waals surface area contributed by atoms with Gasteiger partial charge in [-0.1, -0.05) is 11.3 Å². The predicted octanol–water partition coefficient (Wildman–Crippen LogP) is 3.00. The van der Waals surface area contributed by atoms with Gasteiger partial charge in [0.05, 0.1) is 16.6 Å². The first-order valence-corrected chi connectivity index (χ1v) is 15.0. The highest BCUT2D eigenvalue weighted by atomic mass is 79.9. The van der Waals surface area contributed by atoms with Crippen LogP contribution in [-0.4, -0.2) is 64.9 Å². The van der Waals surface area contributed by atoms with Crippen LogP contribution in [-0.2, 0) is 24.3 Å². The Bertz CT molecular complexity index is 1240. The van der Waals surface area contributed by atoms with Crippen molar-refractivity contribution in [2.45, 2.75) is 32.2 Å². The van der Waals surface area contributed by atoms with E-state index in [0.29, 0.717) is 36.7 Å². The number of unbranched alkanes of at least 4 members (excludes halogenated alkanes) is 1. The first-order chi connectivity index (χ1) is 17.5. The van der Waals surface area contributed by atoms with E-state index in [9.17, 15) is 22.8 Å². The molecule has 1 fully saturated rings. The molecule has 3 N–H and O–H groups in total. The van der Waals surface area contributed by atoms with E-state index in [-0.39, 0.29) is 25.5 Å². The molecule has 1 aliphatic heterocycles. The topological polar surface area (TPSA) is 143 Å². The van der Waals surface area contributed by atoms with E-state index in [2.05, 4.69) is 31.3 Å². The minimum absolute atomic E-state index is 0.0313. The Morgan fingerprint density at radius 3 is 2.68 bits per heavy atom. The molecule has 0 bridgehead atoms. The smallest absolute Gasteiger partial charge is 0.399 e. The zero-order chi connectivity index (χ0) is 27.0. The van der Waals surface area contributed by atoms with Crippen molar-refractivity contribution in [3.63, 3.8) is 0 Å². The Balaban J connectivity index is 1.65. The Morgan fingerprint density at radius 1 is 1.24 bits per heavy atom. The van der Waals surface area contributed by atoms with Crippen molar-refractivity contribution in [3.05, 3.63) is 39.7 Å². The minimum Gasteiger partial charge on any atom is -0.399 e. The average molecular weight is 618 g/mol. The third kappa shape index (κ3) is 9.38. The van der Waals surface area contributed by atoms with Gasteiger partial charge in [-0.15, -0.1) is 0 Å². The fourth-order valence-electron chi connectivity index (χ4n) is 3.65. The third-order valence-electron chi connectivity index (χ3n) is 5.38. The summed E-state index contributed by atoms with van der Waals surface area (Å²) >= 11 is 4.53. The summed E-state index contributed by atoms with van der Waals surface area (Å²) in [5.74, 6) is -0.577. The number of halogens is 1. The van der Waals surface area contributed by atoms with Crippen LogP contribution in [0.1, 0.15) is 24.8 Å². The lowest BCUT2D eigenvalue weighted by molar-refractivity contribution is -0.125. The first kappa shape index (κ1) is 29.0. The van der Waals surface area contributed by atoms with Gasteiger partial charge in [-0.3, -0.25) is 9.59 Å². The van der Waals surface area contributed by atoms with Crippen molar-refractivity contribution in [1.29, 1.82) is 0 Å². The van der Waals surface area contributed by atoms with Crippen LogP contribution in [0.2, 0.25) is 0 Å². The van der Waals surface area contributed by atoms with Gasteiger partial charge in [0, 0.05) is 24.5 Å². The molecule has 14 heteroatoms. The van der Waals surface area contributed by atoms with E-state index >= 15 is 0 Å². The highest BCUT2D eigenvalue weighted by molar-refractivity contribution is 9.11. The quantitative estimate of drug-likeness (QED) is 0.329. The summed E-state index contributed by atoms with van der Waals surface area (Å²) in [6.45, 7) is 3.00. The van der Waals surface area contributed by atoms with Crippen molar-refractivity contribution in [3.8, 4) is 5.06 Å². The lowest BCUT2D eigenvalue weighted by Crippen LogP contribution is -2.45. The minimum atomic E-state index is -3.31. The molecule has 37 heavy (non-hydrogen) atoms. The third-order valence-corrected chi connectivity index (χ3v) is 7.61. The van der Waals surface area contributed by atoms with Gasteiger partial charge in [0.15, 0.2) is 5.06 Å². The van der Waals surface area contributed by atoms with Gasteiger partial charge >= 0.3 is 6.09 Å². The first-order valence-electron chi connectivity index (χ1n) is 11.5. The van der Waals surface area contributed by atoms with Crippen LogP contribution in [0.5, 0.6) is 5.06 Å². The van der Waals surface area contributed by atoms with E-state index < -0.39 is 28.1 Å². The number of carbonyl (C=O) groups excluding carboxylic acids is 3. The number of hydrogen-bond donors (Lipinski definition) is 3. The number of nitrogens with one attached hydrogen (secondary N) is 3. The molecule has 3 amide bonds. The highest BCUT2D eigenvalue weighted by Gasteiger charge is 2.24. The second kappa shape index (κ2) is 13.3. The van der Waals surface area contributed by atoms with Crippen molar-refractivity contribution in [2.24, 2.45) is 0 Å². The zero-order valence-electron chi connectivity index (χ0n) is 20.4. The standard InChI is InChI=1S/C23H29BrN4O7S2/c1-15-13-16(6-7-18(15)28-11-12-34-14-20(28)29)26-22(30)17(5-3-4-10-25-37(2,32)33)27-23(31)35-21-9-8-19(24)36-21/h6-9,13,17,25H,3-5,10-12,14H2,1-2H3,(H,26,30)(H,27,31). The summed E-state index contributed by atoms with van der Waals surface area (Å²) in [5, 5.41) is 5.77. The molecule has 1 aromatic heterocycles. The number of morpholine rings is 1. The fraction of sp³-hybridized carbons (Fsp3) is 0.435. The van der Waals surface area contributed by atoms with E-state index in [0.717, 1.165) is 21.3 Å². The van der Waals surface area contributed by atoms with Crippen LogP contribution in [0, 0.1) is 6.92 Å². The van der Waals surface area contributed by atoms with E-state index in [1.807, 2.05) is 6.92 Å². The number of sulfonamides is 1. The molecular formula is C23H29BrN4O7S2. The lowest BCUT2D eigenvalue weighted by Gasteiger charge is -2.28. The van der Waals surface area contributed by atoms with Gasteiger partial charge in [0.2, 0.25) is 15.9 Å². The number of nitrogens with zero attached hydrogens (tertiary/aromatic N) is 1. The number of thiophene rings is 1. The number of ether oxygens (including phenoxy) is 2. The molecular weight excluding hydrogens is 588 g/mol. The largest absolute Gasteiger partial charge is 0.414 e. The van der Waals surface area contributed by atoms with Crippen molar-refractivity contribution in [2.75, 3.05) is 42.8 Å². The number of hydrogen-bond acceptors (Lipinski definition) is 8. The molecule has 0 saturated carbocycles. The van der Waals surface area contributed by atoms with Crippen molar-refractivity contribution in [1.82, 2.24) is 10.0 Å². The van der Waals surface area contributed by atoms with Crippen LogP contribution < -0.4 is 25.0 Å². The van der Waals surface area contributed by atoms with Crippen LogP contribution in [0.3, 0.4) is 0 Å². The summed E-state index contributed by atoms with van der Waals surface area (Å²) in [6.07, 6.45) is 1.52. The highest BCUT2D eigenvalue weighted by Crippen LogP contribution is 2.29. The van der Waals surface area contributed by atoms with E-state index in [1.165, 1.54) is 11.3 Å². The number of benzene rings is 1. The SMILES string of the molecule is Cc1cc(NC(=O)C(CCCCNS(C)(=O)=O)NC(=O)Oc2ccc(Br)s2)ccc1N1CCOCC1=O. The maximum Gasteiger partial charge on any atom is 0.414 e. The molecule has 0 aliphatic carbocycles. The second-order valence-corrected chi connectivity index (χ2v) is 12.7. The second-order valence-electron chi connectivity index (χ2n) is 8.40. The molecule has 2 heterocycles. The van der Waals surface area contributed by atoms with Crippen molar-refractivity contribution < 1.29 is 32.3 Å². The molecule has 202 valence electrons. The summed E-state index contributed by atoms with van der Waals surface area (Å²) < 4.78 is 36.2. The molecule has 0 radical (unpaired) electrons. The predicted molar refractivity (Wildman–Crippen MR) is 145 cm³/mol. The van der Waals surface area contributed by atoms with E-state index in [4.69, 9.17) is 9.47 Å². The van der Waals surface area contributed by atoms with Crippen LogP contribution in [0.15, 0.2) is 34.1 Å². The molecule has 1 unspecified atom stereocenters. The van der Waals surface area contributed by atoms with Gasteiger partial charge in [-0.2, -0.15) is 0 Å². The monoisotopic (exact) mass is 616 g/mol. The van der Waals surface area contributed by atoms with E-state index in [1.54, 1.807) is 35.2 Å². The molecule has 2 aromatic rings. The lowest BCUT2D eigenvalue weighted by atomic mass is 10.1. The van der Waals surface area contributed by atoms with Gasteiger partial charge < -0.3 is 25.0 Å². The van der Waals surface area contributed by atoms with Crippen LogP contribution in [0.4, 0.5) is 16.2 Å². The number of amides is 3. The van der Waals surface area contributed by atoms with Gasteiger partial charge in [0.25, 0.3) is 5.91 Å².